The molecule has 1 aliphatic heterocycles. The Labute approximate surface area is 173 Å². The van der Waals surface area contributed by atoms with Gasteiger partial charge >= 0.3 is 0 Å². The summed E-state index contributed by atoms with van der Waals surface area (Å²) in [5, 5.41) is 1.54. The van der Waals surface area contributed by atoms with Gasteiger partial charge in [-0.3, -0.25) is 14.6 Å². The van der Waals surface area contributed by atoms with Gasteiger partial charge in [-0.05, 0) is 60.2 Å². The smallest absolute Gasteiger partial charge is 0.290 e. The molecule has 4 nitrogen and oxygen atoms in total. The van der Waals surface area contributed by atoms with E-state index in [4.69, 9.17) is 11.6 Å². The van der Waals surface area contributed by atoms with E-state index in [-0.39, 0.29) is 18.2 Å². The predicted octanol–water partition coefficient (Wildman–Crippen LogP) is 4.55. The highest BCUT2D eigenvalue weighted by atomic mass is 35.5. The molecular weight excluding hydrogens is 391 g/mol. The zero-order chi connectivity index (χ0) is 20.4. The van der Waals surface area contributed by atoms with Crippen LogP contribution in [0, 0.1) is 5.82 Å². The third-order valence-corrected chi connectivity index (χ3v) is 5.73. The molecule has 0 radical (unpaired) electrons. The molecule has 0 N–H and O–H groups in total. The standard InChI is InChI=1S/C23H20ClFN2O2/c24-17-3-1-15(2-4-17)13-22(28)23(29)27-11-8-16(9-12-27)19-7-10-26-21-14-18(25)5-6-20(19)21/h1-7,10,14,16H,8-9,11-13H2. The first-order chi connectivity index (χ1) is 14.0. The Morgan fingerprint density at radius 3 is 2.52 bits per heavy atom. The number of carbonyl (C=O) groups is 2. The number of hydrogen-bond donors (Lipinski definition) is 0. The number of benzene rings is 2. The molecule has 0 aliphatic carbocycles. The van der Waals surface area contributed by atoms with Crippen LogP contribution >= 0.6 is 11.6 Å². The lowest BCUT2D eigenvalue weighted by Crippen LogP contribution is -2.42. The molecule has 0 atom stereocenters. The molecule has 1 fully saturated rings. The van der Waals surface area contributed by atoms with Crippen molar-refractivity contribution in [3.63, 3.8) is 0 Å². The Balaban J connectivity index is 1.41. The number of rotatable bonds is 4. The number of ketones is 1. The highest BCUT2D eigenvalue weighted by molar-refractivity contribution is 6.36. The number of carbonyl (C=O) groups excluding carboxylic acids is 2. The zero-order valence-corrected chi connectivity index (χ0v) is 16.5. The van der Waals surface area contributed by atoms with Crippen LogP contribution in [-0.2, 0) is 16.0 Å². The summed E-state index contributed by atoms with van der Waals surface area (Å²) >= 11 is 5.86. The van der Waals surface area contributed by atoms with Crippen molar-refractivity contribution in [1.82, 2.24) is 9.88 Å². The van der Waals surface area contributed by atoms with Gasteiger partial charge in [-0.1, -0.05) is 23.7 Å². The molecule has 4 rings (SSSR count). The molecule has 1 aromatic heterocycles. The number of fused-ring (bicyclic) bond motifs is 1. The van der Waals surface area contributed by atoms with Gasteiger partial charge in [-0.15, -0.1) is 0 Å². The molecule has 0 saturated carbocycles. The molecule has 0 bridgehead atoms. The van der Waals surface area contributed by atoms with Crippen LogP contribution < -0.4 is 0 Å². The zero-order valence-electron chi connectivity index (χ0n) is 15.8. The van der Waals surface area contributed by atoms with E-state index in [1.165, 1.54) is 12.1 Å². The molecule has 6 heteroatoms. The molecule has 3 aromatic rings. The number of piperidine rings is 1. The van der Waals surface area contributed by atoms with Crippen molar-refractivity contribution in [2.24, 2.45) is 0 Å². The Bertz CT molecular complexity index is 1060. The van der Waals surface area contributed by atoms with Gasteiger partial charge in [-0.2, -0.15) is 0 Å². The van der Waals surface area contributed by atoms with Gasteiger partial charge in [0.1, 0.15) is 5.82 Å². The summed E-state index contributed by atoms with van der Waals surface area (Å²) < 4.78 is 13.5. The number of halogens is 2. The monoisotopic (exact) mass is 410 g/mol. The summed E-state index contributed by atoms with van der Waals surface area (Å²) in [4.78, 5) is 30.8. The van der Waals surface area contributed by atoms with Crippen LogP contribution in [0.4, 0.5) is 4.39 Å². The van der Waals surface area contributed by atoms with E-state index in [1.54, 1.807) is 41.4 Å². The first-order valence-electron chi connectivity index (χ1n) is 9.62. The van der Waals surface area contributed by atoms with Crippen LogP contribution in [0.1, 0.15) is 29.9 Å². The van der Waals surface area contributed by atoms with E-state index in [0.29, 0.717) is 23.6 Å². The Morgan fingerprint density at radius 1 is 1.07 bits per heavy atom. The minimum absolute atomic E-state index is 0.0798. The number of aromatic nitrogens is 1. The van der Waals surface area contributed by atoms with Crippen molar-refractivity contribution < 1.29 is 14.0 Å². The number of hydrogen-bond acceptors (Lipinski definition) is 3. The molecule has 148 valence electrons. The Morgan fingerprint density at radius 2 is 1.79 bits per heavy atom. The summed E-state index contributed by atoms with van der Waals surface area (Å²) in [5.41, 5.74) is 2.53. The van der Waals surface area contributed by atoms with Crippen LogP contribution in [0.3, 0.4) is 0 Å². The molecular formula is C23H20ClFN2O2. The molecule has 29 heavy (non-hydrogen) atoms. The average molecular weight is 411 g/mol. The quantitative estimate of drug-likeness (QED) is 0.593. The Hall–Kier alpha value is -2.79. The lowest BCUT2D eigenvalue weighted by molar-refractivity contribution is -0.145. The second-order valence-corrected chi connectivity index (χ2v) is 7.79. The lowest BCUT2D eigenvalue weighted by Gasteiger charge is -2.32. The first-order valence-corrected chi connectivity index (χ1v) is 10.00. The van der Waals surface area contributed by atoms with E-state index in [2.05, 4.69) is 4.98 Å². The largest absolute Gasteiger partial charge is 0.336 e. The van der Waals surface area contributed by atoms with Crippen LogP contribution in [0.2, 0.25) is 5.02 Å². The SMILES string of the molecule is O=C(Cc1ccc(Cl)cc1)C(=O)N1CCC(c2ccnc3cc(F)ccc23)CC1. The van der Waals surface area contributed by atoms with E-state index in [9.17, 15) is 14.0 Å². The van der Waals surface area contributed by atoms with Crippen LogP contribution in [0.25, 0.3) is 10.9 Å². The van der Waals surface area contributed by atoms with Crippen molar-refractivity contribution in [2.45, 2.75) is 25.2 Å². The molecule has 1 aliphatic rings. The number of likely N-dealkylation sites (tertiary alicyclic amines) is 1. The maximum absolute atomic E-state index is 13.5. The van der Waals surface area contributed by atoms with Crippen molar-refractivity contribution in [1.29, 1.82) is 0 Å². The number of Topliss-reactive ketones (excluding diaryl/α,β-unsaturated/α-hetero) is 1. The van der Waals surface area contributed by atoms with E-state index < -0.39 is 11.7 Å². The maximum atomic E-state index is 13.5. The number of nitrogens with zero attached hydrogens (tertiary/aromatic N) is 2. The van der Waals surface area contributed by atoms with Crippen LogP contribution in [-0.4, -0.2) is 34.7 Å². The van der Waals surface area contributed by atoms with Crippen molar-refractivity contribution in [3.8, 4) is 0 Å². The topological polar surface area (TPSA) is 50.3 Å². The van der Waals surface area contributed by atoms with Gasteiger partial charge in [0.2, 0.25) is 5.78 Å². The predicted molar refractivity (Wildman–Crippen MR) is 110 cm³/mol. The fourth-order valence-electron chi connectivity index (χ4n) is 3.93. The number of pyridine rings is 1. The maximum Gasteiger partial charge on any atom is 0.290 e. The van der Waals surface area contributed by atoms with Gasteiger partial charge in [-0.25, -0.2) is 4.39 Å². The highest BCUT2D eigenvalue weighted by Crippen LogP contribution is 2.32. The molecule has 1 amide bonds. The van der Waals surface area contributed by atoms with Crippen molar-refractivity contribution in [3.05, 3.63) is 76.7 Å². The second kappa shape index (κ2) is 8.29. The summed E-state index contributed by atoms with van der Waals surface area (Å²) in [6.45, 7) is 1.06. The van der Waals surface area contributed by atoms with E-state index >= 15 is 0 Å². The summed E-state index contributed by atoms with van der Waals surface area (Å²) in [7, 11) is 0. The lowest BCUT2D eigenvalue weighted by atomic mass is 9.87. The van der Waals surface area contributed by atoms with Crippen molar-refractivity contribution in [2.75, 3.05) is 13.1 Å². The summed E-state index contributed by atoms with van der Waals surface area (Å²) in [6, 6.07) is 13.6. The van der Waals surface area contributed by atoms with E-state index in [1.807, 2.05) is 6.07 Å². The first kappa shape index (κ1) is 19.5. The van der Waals surface area contributed by atoms with Crippen molar-refractivity contribution >= 4 is 34.2 Å². The van der Waals surface area contributed by atoms with Crippen LogP contribution in [0.15, 0.2) is 54.7 Å². The minimum atomic E-state index is -0.431. The number of amides is 1. The van der Waals surface area contributed by atoms with Gasteiger partial charge in [0, 0.05) is 42.2 Å². The summed E-state index contributed by atoms with van der Waals surface area (Å²) in [5.74, 6) is -0.890. The molecule has 2 aromatic carbocycles. The molecule has 0 unspecified atom stereocenters. The normalized spacial score (nSPS) is 14.9. The third-order valence-electron chi connectivity index (χ3n) is 5.48. The van der Waals surface area contributed by atoms with Crippen LogP contribution in [0.5, 0.6) is 0 Å². The average Bonchev–Trinajstić information content (AvgIpc) is 2.74. The highest BCUT2D eigenvalue weighted by Gasteiger charge is 2.28. The summed E-state index contributed by atoms with van der Waals surface area (Å²) in [6.07, 6.45) is 3.30. The molecule has 0 spiro atoms. The van der Waals surface area contributed by atoms with Gasteiger partial charge in [0.15, 0.2) is 0 Å². The van der Waals surface area contributed by atoms with Gasteiger partial charge in [0.25, 0.3) is 5.91 Å². The minimum Gasteiger partial charge on any atom is -0.336 e. The molecule has 1 saturated heterocycles. The Kier molecular flexibility index (Phi) is 5.58. The van der Waals surface area contributed by atoms with Gasteiger partial charge < -0.3 is 4.90 Å². The second-order valence-electron chi connectivity index (χ2n) is 7.35. The van der Waals surface area contributed by atoms with E-state index in [0.717, 1.165) is 29.4 Å². The molecule has 2 heterocycles. The fraction of sp³-hybridized carbons (Fsp3) is 0.261. The van der Waals surface area contributed by atoms with Gasteiger partial charge in [0.05, 0.1) is 5.52 Å². The fourth-order valence-corrected chi connectivity index (χ4v) is 4.06. The third kappa shape index (κ3) is 4.30.